The zero-order chi connectivity index (χ0) is 19.5. The highest BCUT2D eigenvalue weighted by atomic mass is 32.1. The number of hydrogen-bond donors (Lipinski definition) is 0. The maximum Gasteiger partial charge on any atom is 0.0421 e. The zero-order valence-electron chi connectivity index (χ0n) is 16.0. The molecule has 0 aliphatic rings. The van der Waals surface area contributed by atoms with Crippen molar-refractivity contribution in [2.45, 2.75) is 0 Å². The fourth-order valence-electron chi connectivity index (χ4n) is 3.68. The van der Waals surface area contributed by atoms with Gasteiger partial charge in [0.05, 0.1) is 0 Å². The minimum atomic E-state index is 1.25. The summed E-state index contributed by atoms with van der Waals surface area (Å²) in [6, 6.07) is 41.1. The Bertz CT molecular complexity index is 1100. The second-order valence-electron chi connectivity index (χ2n) is 7.05. The van der Waals surface area contributed by atoms with Gasteiger partial charge in [0.2, 0.25) is 0 Å². The highest BCUT2D eigenvalue weighted by Crippen LogP contribution is 2.38. The highest BCUT2D eigenvalue weighted by molar-refractivity contribution is 7.14. The van der Waals surface area contributed by atoms with Crippen LogP contribution < -0.4 is 0 Å². The van der Waals surface area contributed by atoms with Gasteiger partial charge >= 0.3 is 0 Å². The third-order valence-electron chi connectivity index (χ3n) is 5.22. The number of rotatable bonds is 4. The van der Waals surface area contributed by atoms with Gasteiger partial charge in [0.25, 0.3) is 0 Å². The maximum atomic E-state index is 2.23. The van der Waals surface area contributed by atoms with Crippen molar-refractivity contribution in [3.63, 3.8) is 0 Å². The van der Waals surface area contributed by atoms with Crippen molar-refractivity contribution in [1.29, 1.82) is 0 Å². The predicted octanol–water partition coefficient (Wildman–Crippen LogP) is 8.42. The third-order valence-corrected chi connectivity index (χ3v) is 6.19. The van der Waals surface area contributed by atoms with Crippen LogP contribution in [0.3, 0.4) is 0 Å². The van der Waals surface area contributed by atoms with Gasteiger partial charge in [-0.05, 0) is 44.8 Å². The molecule has 138 valence electrons. The molecule has 0 fully saturated rings. The van der Waals surface area contributed by atoms with Gasteiger partial charge in [-0.2, -0.15) is 0 Å². The van der Waals surface area contributed by atoms with Crippen LogP contribution in [0.15, 0.2) is 121 Å². The van der Waals surface area contributed by atoms with Crippen molar-refractivity contribution in [3.8, 4) is 43.8 Å². The molecule has 0 unspecified atom stereocenters. The third kappa shape index (κ3) is 3.65. The van der Waals surface area contributed by atoms with E-state index in [1.807, 2.05) is 0 Å². The first kappa shape index (κ1) is 17.7. The van der Waals surface area contributed by atoms with Gasteiger partial charge in [-0.25, -0.2) is 0 Å². The van der Waals surface area contributed by atoms with Gasteiger partial charge in [0.1, 0.15) is 0 Å². The summed E-state index contributed by atoms with van der Waals surface area (Å²) in [5.74, 6) is 0. The molecule has 0 atom stereocenters. The van der Waals surface area contributed by atoms with Gasteiger partial charge in [-0.1, -0.05) is 109 Å². The molecule has 0 bridgehead atoms. The standard InChI is InChI=1S/C28H20S/c1-3-7-21(8-4-1)23-11-15-25(16-12-23)27-19-20-29-28(27)26-17-13-24(14-18-26)22-9-5-2-6-10-22/h1-20H. The molecule has 0 saturated heterocycles. The molecule has 1 heterocycles. The Morgan fingerprint density at radius 2 is 0.759 bits per heavy atom. The van der Waals surface area contributed by atoms with Crippen LogP contribution in [-0.2, 0) is 0 Å². The van der Waals surface area contributed by atoms with E-state index in [4.69, 9.17) is 0 Å². The van der Waals surface area contributed by atoms with Crippen molar-refractivity contribution in [2.75, 3.05) is 0 Å². The molecular weight excluding hydrogens is 368 g/mol. The summed E-state index contributed by atoms with van der Waals surface area (Å²) in [4.78, 5) is 1.32. The molecule has 29 heavy (non-hydrogen) atoms. The topological polar surface area (TPSA) is 0 Å². The lowest BCUT2D eigenvalue weighted by Gasteiger charge is -2.08. The average molecular weight is 389 g/mol. The fourth-order valence-corrected chi connectivity index (χ4v) is 4.60. The first-order valence-electron chi connectivity index (χ1n) is 9.78. The number of benzene rings is 4. The second-order valence-corrected chi connectivity index (χ2v) is 7.97. The number of thiophene rings is 1. The molecule has 0 amide bonds. The molecule has 4 aromatic carbocycles. The highest BCUT2D eigenvalue weighted by Gasteiger charge is 2.10. The molecule has 5 rings (SSSR count). The molecule has 1 aromatic heterocycles. The Balaban J connectivity index is 1.45. The van der Waals surface area contributed by atoms with Crippen molar-refractivity contribution < 1.29 is 0 Å². The van der Waals surface area contributed by atoms with Crippen LogP contribution in [0, 0.1) is 0 Å². The molecule has 0 spiro atoms. The summed E-state index contributed by atoms with van der Waals surface area (Å²) in [6.45, 7) is 0. The predicted molar refractivity (Wildman–Crippen MR) is 126 cm³/mol. The quantitative estimate of drug-likeness (QED) is 0.290. The molecule has 0 saturated carbocycles. The van der Waals surface area contributed by atoms with E-state index in [0.29, 0.717) is 0 Å². The Morgan fingerprint density at radius 1 is 0.345 bits per heavy atom. The van der Waals surface area contributed by atoms with E-state index in [1.54, 1.807) is 11.3 Å². The van der Waals surface area contributed by atoms with Crippen LogP contribution in [0.4, 0.5) is 0 Å². The molecule has 1 heteroatoms. The normalized spacial score (nSPS) is 10.8. The Morgan fingerprint density at radius 3 is 1.28 bits per heavy atom. The van der Waals surface area contributed by atoms with E-state index in [-0.39, 0.29) is 0 Å². The van der Waals surface area contributed by atoms with Crippen molar-refractivity contribution in [3.05, 3.63) is 121 Å². The lowest BCUT2D eigenvalue weighted by molar-refractivity contribution is 1.60. The van der Waals surface area contributed by atoms with E-state index in [2.05, 4.69) is 121 Å². The molecule has 0 aliphatic carbocycles. The Labute approximate surface area is 175 Å². The van der Waals surface area contributed by atoms with E-state index in [0.717, 1.165) is 0 Å². The fraction of sp³-hybridized carbons (Fsp3) is 0. The first-order valence-corrected chi connectivity index (χ1v) is 10.7. The minimum absolute atomic E-state index is 1.25. The van der Waals surface area contributed by atoms with Gasteiger partial charge in [-0.3, -0.25) is 0 Å². The second kappa shape index (κ2) is 7.90. The first-order chi connectivity index (χ1) is 14.4. The lowest BCUT2D eigenvalue weighted by Crippen LogP contribution is -1.82. The van der Waals surface area contributed by atoms with E-state index in [1.165, 1.54) is 43.8 Å². The molecule has 0 nitrogen and oxygen atoms in total. The van der Waals surface area contributed by atoms with Crippen molar-refractivity contribution in [1.82, 2.24) is 0 Å². The van der Waals surface area contributed by atoms with Gasteiger partial charge in [0, 0.05) is 10.4 Å². The molecule has 0 radical (unpaired) electrons. The zero-order valence-corrected chi connectivity index (χ0v) is 16.8. The maximum absolute atomic E-state index is 2.23. The van der Waals surface area contributed by atoms with Gasteiger partial charge in [0.15, 0.2) is 0 Å². The van der Waals surface area contributed by atoms with Crippen LogP contribution in [0.25, 0.3) is 43.8 Å². The number of hydrogen-bond acceptors (Lipinski definition) is 1. The molecular formula is C28H20S. The molecule has 0 N–H and O–H groups in total. The summed E-state index contributed by atoms with van der Waals surface area (Å²) >= 11 is 1.80. The summed E-state index contributed by atoms with van der Waals surface area (Å²) in [7, 11) is 0. The molecule has 5 aromatic rings. The molecule has 0 aliphatic heterocycles. The van der Waals surface area contributed by atoms with Crippen LogP contribution in [-0.4, -0.2) is 0 Å². The lowest BCUT2D eigenvalue weighted by atomic mass is 9.98. The van der Waals surface area contributed by atoms with Gasteiger partial charge in [-0.15, -0.1) is 11.3 Å². The van der Waals surface area contributed by atoms with Crippen LogP contribution in [0.2, 0.25) is 0 Å². The van der Waals surface area contributed by atoms with E-state index >= 15 is 0 Å². The minimum Gasteiger partial charge on any atom is -0.143 e. The van der Waals surface area contributed by atoms with E-state index in [9.17, 15) is 0 Å². The smallest absolute Gasteiger partial charge is 0.0421 e. The summed E-state index contributed by atoms with van der Waals surface area (Å²) in [5.41, 5.74) is 8.82. The van der Waals surface area contributed by atoms with Gasteiger partial charge < -0.3 is 0 Å². The van der Waals surface area contributed by atoms with Crippen LogP contribution in [0.1, 0.15) is 0 Å². The summed E-state index contributed by atoms with van der Waals surface area (Å²) in [6.07, 6.45) is 0. The largest absolute Gasteiger partial charge is 0.143 e. The van der Waals surface area contributed by atoms with Crippen molar-refractivity contribution in [2.24, 2.45) is 0 Å². The van der Waals surface area contributed by atoms with Crippen LogP contribution in [0.5, 0.6) is 0 Å². The average Bonchev–Trinajstić information content (AvgIpc) is 3.30. The summed E-state index contributed by atoms with van der Waals surface area (Å²) < 4.78 is 0. The Hall–Kier alpha value is -3.42. The monoisotopic (exact) mass is 388 g/mol. The SMILES string of the molecule is c1ccc(-c2ccc(-c3ccsc3-c3ccc(-c4ccccc4)cc3)cc2)cc1. The van der Waals surface area contributed by atoms with Crippen molar-refractivity contribution >= 4 is 11.3 Å². The summed E-state index contributed by atoms with van der Waals surface area (Å²) in [5, 5.41) is 2.18. The Kier molecular flexibility index (Phi) is 4.81. The van der Waals surface area contributed by atoms with Crippen LogP contribution >= 0.6 is 11.3 Å². The van der Waals surface area contributed by atoms with E-state index < -0.39 is 0 Å².